The third-order valence-corrected chi connectivity index (χ3v) is 2.24. The molecule has 0 spiro atoms. The molecule has 1 aromatic carbocycles. The van der Waals surface area contributed by atoms with Crippen LogP contribution >= 0.6 is 0 Å². The molecule has 0 heterocycles. The highest BCUT2D eigenvalue weighted by Gasteiger charge is 2.09. The number of phenolic OH excluding ortho intramolecular Hbond substituents is 2. The summed E-state index contributed by atoms with van der Waals surface area (Å²) >= 11 is 0. The molecule has 0 saturated carbocycles. The van der Waals surface area contributed by atoms with Gasteiger partial charge in [0.1, 0.15) is 0 Å². The molecule has 0 aromatic heterocycles. The van der Waals surface area contributed by atoms with Gasteiger partial charge in [-0.25, -0.2) is 0 Å². The van der Waals surface area contributed by atoms with Gasteiger partial charge in [-0.05, 0) is 24.5 Å². The Morgan fingerprint density at radius 3 is 2.38 bits per heavy atom. The van der Waals surface area contributed by atoms with E-state index in [2.05, 4.69) is 6.92 Å². The van der Waals surface area contributed by atoms with Crippen molar-refractivity contribution < 1.29 is 10.2 Å². The molecule has 0 aliphatic heterocycles. The molecular weight excluding hydrogens is 164 g/mol. The lowest BCUT2D eigenvalue weighted by molar-refractivity contribution is 0.398. The summed E-state index contributed by atoms with van der Waals surface area (Å²) in [4.78, 5) is 0. The zero-order valence-corrected chi connectivity index (χ0v) is 8.17. The zero-order chi connectivity index (χ0) is 9.84. The minimum Gasteiger partial charge on any atom is -0.504 e. The summed E-state index contributed by atoms with van der Waals surface area (Å²) in [6.45, 7) is 4.11. The standard InChI is InChI=1S/C11H16O2/c1-3-5-9-8(4-2)6-7-10(12)11(9)13/h6-7,12-13H,3-5H2,1-2H3. The molecule has 1 rings (SSSR count). The fraction of sp³-hybridized carbons (Fsp3) is 0.455. The van der Waals surface area contributed by atoms with Crippen molar-refractivity contribution in [1.82, 2.24) is 0 Å². The van der Waals surface area contributed by atoms with Crippen molar-refractivity contribution in [3.05, 3.63) is 23.3 Å². The van der Waals surface area contributed by atoms with Gasteiger partial charge in [0, 0.05) is 5.56 Å². The van der Waals surface area contributed by atoms with E-state index in [1.807, 2.05) is 13.0 Å². The Morgan fingerprint density at radius 2 is 1.85 bits per heavy atom. The van der Waals surface area contributed by atoms with Crippen LogP contribution in [0.1, 0.15) is 31.4 Å². The number of aromatic hydroxyl groups is 2. The number of hydrogen-bond acceptors (Lipinski definition) is 2. The number of hydrogen-bond donors (Lipinski definition) is 2. The van der Waals surface area contributed by atoms with Gasteiger partial charge in [0.05, 0.1) is 0 Å². The summed E-state index contributed by atoms with van der Waals surface area (Å²) in [6, 6.07) is 3.42. The van der Waals surface area contributed by atoms with E-state index in [1.165, 1.54) is 0 Å². The molecule has 1 aromatic rings. The van der Waals surface area contributed by atoms with Crippen LogP contribution in [-0.4, -0.2) is 10.2 Å². The van der Waals surface area contributed by atoms with Crippen molar-refractivity contribution in [2.24, 2.45) is 0 Å². The fourth-order valence-electron chi connectivity index (χ4n) is 1.53. The minimum absolute atomic E-state index is 0.0133. The summed E-state index contributed by atoms with van der Waals surface area (Å²) in [7, 11) is 0. The van der Waals surface area contributed by atoms with E-state index in [0.29, 0.717) is 0 Å². The van der Waals surface area contributed by atoms with Gasteiger partial charge < -0.3 is 10.2 Å². The molecule has 2 nitrogen and oxygen atoms in total. The first-order chi connectivity index (χ1) is 6.20. The van der Waals surface area contributed by atoms with E-state index in [0.717, 1.165) is 30.4 Å². The maximum absolute atomic E-state index is 9.59. The van der Waals surface area contributed by atoms with Crippen LogP contribution < -0.4 is 0 Å². The Balaban J connectivity index is 3.15. The third kappa shape index (κ3) is 1.94. The molecule has 2 N–H and O–H groups in total. The highest BCUT2D eigenvalue weighted by atomic mass is 16.3. The molecule has 2 heteroatoms. The average molecular weight is 180 g/mol. The molecule has 13 heavy (non-hydrogen) atoms. The summed E-state index contributed by atoms with van der Waals surface area (Å²) in [5.41, 5.74) is 2.02. The van der Waals surface area contributed by atoms with Crippen LogP contribution in [0.25, 0.3) is 0 Å². The summed E-state index contributed by atoms with van der Waals surface area (Å²) in [6.07, 6.45) is 2.69. The van der Waals surface area contributed by atoms with E-state index >= 15 is 0 Å². The van der Waals surface area contributed by atoms with E-state index in [1.54, 1.807) is 6.07 Å². The van der Waals surface area contributed by atoms with E-state index in [9.17, 15) is 10.2 Å². The topological polar surface area (TPSA) is 40.5 Å². The summed E-state index contributed by atoms with van der Waals surface area (Å²) in [5.74, 6) is 0.0434. The molecule has 0 aliphatic carbocycles. The van der Waals surface area contributed by atoms with E-state index < -0.39 is 0 Å². The maximum atomic E-state index is 9.59. The quantitative estimate of drug-likeness (QED) is 0.702. The Hall–Kier alpha value is -1.18. The van der Waals surface area contributed by atoms with Gasteiger partial charge in [-0.3, -0.25) is 0 Å². The van der Waals surface area contributed by atoms with Crippen LogP contribution in [0.15, 0.2) is 12.1 Å². The lowest BCUT2D eigenvalue weighted by Crippen LogP contribution is -1.93. The second-order valence-electron chi connectivity index (χ2n) is 3.17. The summed E-state index contributed by atoms with van der Waals surface area (Å²) in [5, 5.41) is 18.9. The Kier molecular flexibility index (Phi) is 3.18. The molecule has 72 valence electrons. The van der Waals surface area contributed by atoms with Crippen LogP contribution in [0.4, 0.5) is 0 Å². The van der Waals surface area contributed by atoms with Crippen LogP contribution in [0.5, 0.6) is 11.5 Å². The van der Waals surface area contributed by atoms with Gasteiger partial charge in [-0.15, -0.1) is 0 Å². The second kappa shape index (κ2) is 4.17. The van der Waals surface area contributed by atoms with Crippen molar-refractivity contribution in [3.63, 3.8) is 0 Å². The van der Waals surface area contributed by atoms with Crippen molar-refractivity contribution in [3.8, 4) is 11.5 Å². The molecule has 0 atom stereocenters. The predicted octanol–water partition coefficient (Wildman–Crippen LogP) is 2.61. The van der Waals surface area contributed by atoms with Crippen molar-refractivity contribution in [2.45, 2.75) is 33.1 Å². The van der Waals surface area contributed by atoms with Gasteiger partial charge in [0.15, 0.2) is 11.5 Å². The van der Waals surface area contributed by atoms with Crippen molar-refractivity contribution in [1.29, 1.82) is 0 Å². The molecule has 0 unspecified atom stereocenters. The molecule has 0 fully saturated rings. The van der Waals surface area contributed by atoms with Gasteiger partial charge in [-0.1, -0.05) is 26.3 Å². The van der Waals surface area contributed by atoms with Crippen molar-refractivity contribution >= 4 is 0 Å². The maximum Gasteiger partial charge on any atom is 0.160 e. The lowest BCUT2D eigenvalue weighted by atomic mass is 10.00. The molecule has 0 aliphatic rings. The van der Waals surface area contributed by atoms with Gasteiger partial charge in [-0.2, -0.15) is 0 Å². The Bertz CT molecular complexity index is 292. The predicted molar refractivity (Wildman–Crippen MR) is 53.1 cm³/mol. The fourth-order valence-corrected chi connectivity index (χ4v) is 1.53. The van der Waals surface area contributed by atoms with Crippen LogP contribution in [0.2, 0.25) is 0 Å². The highest BCUT2D eigenvalue weighted by Crippen LogP contribution is 2.32. The van der Waals surface area contributed by atoms with Crippen LogP contribution in [0.3, 0.4) is 0 Å². The Labute approximate surface area is 78.8 Å². The summed E-state index contributed by atoms with van der Waals surface area (Å²) < 4.78 is 0. The van der Waals surface area contributed by atoms with E-state index in [4.69, 9.17) is 0 Å². The smallest absolute Gasteiger partial charge is 0.160 e. The SMILES string of the molecule is CCCc1c(CC)ccc(O)c1O. The molecule has 0 amide bonds. The van der Waals surface area contributed by atoms with E-state index in [-0.39, 0.29) is 11.5 Å². The third-order valence-electron chi connectivity index (χ3n) is 2.24. The normalized spacial score (nSPS) is 10.3. The molecule has 0 bridgehead atoms. The molecular formula is C11H16O2. The first-order valence-electron chi connectivity index (χ1n) is 4.73. The monoisotopic (exact) mass is 180 g/mol. The van der Waals surface area contributed by atoms with Crippen molar-refractivity contribution in [2.75, 3.05) is 0 Å². The number of rotatable bonds is 3. The first-order valence-corrected chi connectivity index (χ1v) is 4.73. The number of aryl methyl sites for hydroxylation is 1. The zero-order valence-electron chi connectivity index (χ0n) is 8.17. The number of phenols is 2. The highest BCUT2D eigenvalue weighted by molar-refractivity contribution is 5.49. The molecule has 0 radical (unpaired) electrons. The molecule has 0 saturated heterocycles. The average Bonchev–Trinajstić information content (AvgIpc) is 2.14. The number of benzene rings is 1. The van der Waals surface area contributed by atoms with Crippen LogP contribution in [-0.2, 0) is 12.8 Å². The minimum atomic E-state index is -0.0133. The lowest BCUT2D eigenvalue weighted by Gasteiger charge is -2.10. The van der Waals surface area contributed by atoms with Gasteiger partial charge in [0.2, 0.25) is 0 Å². The Morgan fingerprint density at radius 1 is 1.15 bits per heavy atom. The van der Waals surface area contributed by atoms with Gasteiger partial charge >= 0.3 is 0 Å². The largest absolute Gasteiger partial charge is 0.504 e. The first kappa shape index (κ1) is 9.90. The van der Waals surface area contributed by atoms with Gasteiger partial charge in [0.25, 0.3) is 0 Å². The van der Waals surface area contributed by atoms with Crippen LogP contribution in [0, 0.1) is 0 Å². The second-order valence-corrected chi connectivity index (χ2v) is 3.17.